The summed E-state index contributed by atoms with van der Waals surface area (Å²) in [5.41, 5.74) is 2.28. The average molecular weight is 372 g/mol. The third kappa shape index (κ3) is 4.03. The molecule has 0 unspecified atom stereocenters. The van der Waals surface area contributed by atoms with E-state index in [9.17, 15) is 14.4 Å². The zero-order valence-corrected chi connectivity index (χ0v) is 15.0. The average Bonchev–Trinajstić information content (AvgIpc) is 3.01. The molecule has 0 aromatic heterocycles. The second-order valence-corrected chi connectivity index (χ2v) is 6.43. The normalized spacial score (nSPS) is 13.6. The number of rotatable bonds is 4. The lowest BCUT2D eigenvalue weighted by Gasteiger charge is -2.18. The van der Waals surface area contributed by atoms with Crippen LogP contribution in [-0.4, -0.2) is 24.3 Å². The maximum atomic E-state index is 12.3. The van der Waals surface area contributed by atoms with E-state index in [2.05, 4.69) is 10.6 Å². The third-order valence-electron chi connectivity index (χ3n) is 4.04. The van der Waals surface area contributed by atoms with Crippen molar-refractivity contribution in [1.29, 1.82) is 0 Å². The van der Waals surface area contributed by atoms with Gasteiger partial charge in [-0.25, -0.2) is 0 Å². The summed E-state index contributed by atoms with van der Waals surface area (Å²) in [6.07, 6.45) is 1.35. The van der Waals surface area contributed by atoms with E-state index in [1.54, 1.807) is 47.4 Å². The predicted octanol–water partition coefficient (Wildman–Crippen LogP) is 3.68. The highest BCUT2D eigenvalue weighted by atomic mass is 35.5. The number of nitrogens with one attached hydrogen (secondary N) is 2. The standard InChI is InChI=1S/C19H18ClN3O3/c1-12(24)21-14-6-4-13(5-7-14)19(26)22-15-8-9-17(16(20)11-15)23-10-2-3-18(23)25/h4-9,11H,2-3,10H2,1H3,(H,21,24)(H,22,26). The van der Waals surface area contributed by atoms with E-state index in [-0.39, 0.29) is 17.7 Å². The number of halogens is 1. The van der Waals surface area contributed by atoms with E-state index in [4.69, 9.17) is 11.6 Å². The van der Waals surface area contributed by atoms with Crippen LogP contribution < -0.4 is 15.5 Å². The van der Waals surface area contributed by atoms with E-state index in [0.29, 0.717) is 40.6 Å². The van der Waals surface area contributed by atoms with Gasteiger partial charge < -0.3 is 15.5 Å². The Morgan fingerprint density at radius 3 is 2.31 bits per heavy atom. The van der Waals surface area contributed by atoms with Crippen LogP contribution in [0.25, 0.3) is 0 Å². The van der Waals surface area contributed by atoms with Gasteiger partial charge in [-0.1, -0.05) is 11.6 Å². The van der Waals surface area contributed by atoms with Gasteiger partial charge >= 0.3 is 0 Å². The highest BCUT2D eigenvalue weighted by Gasteiger charge is 2.23. The fourth-order valence-electron chi connectivity index (χ4n) is 2.82. The van der Waals surface area contributed by atoms with Crippen LogP contribution in [0.15, 0.2) is 42.5 Å². The van der Waals surface area contributed by atoms with Gasteiger partial charge in [0.15, 0.2) is 0 Å². The Labute approximate surface area is 156 Å². The van der Waals surface area contributed by atoms with Crippen molar-refractivity contribution in [2.24, 2.45) is 0 Å². The number of amides is 3. The minimum absolute atomic E-state index is 0.0583. The zero-order chi connectivity index (χ0) is 18.7. The zero-order valence-electron chi connectivity index (χ0n) is 14.2. The van der Waals surface area contributed by atoms with Gasteiger partial charge in [-0.3, -0.25) is 14.4 Å². The molecule has 6 nitrogen and oxygen atoms in total. The summed E-state index contributed by atoms with van der Waals surface area (Å²) < 4.78 is 0. The first-order chi connectivity index (χ1) is 12.4. The lowest BCUT2D eigenvalue weighted by atomic mass is 10.2. The number of nitrogens with zero attached hydrogens (tertiary/aromatic N) is 1. The number of hydrogen-bond donors (Lipinski definition) is 2. The minimum atomic E-state index is -0.291. The lowest BCUT2D eigenvalue weighted by molar-refractivity contribution is -0.117. The van der Waals surface area contributed by atoms with Crippen molar-refractivity contribution in [3.05, 3.63) is 53.1 Å². The lowest BCUT2D eigenvalue weighted by Crippen LogP contribution is -2.24. The molecular weight excluding hydrogens is 354 g/mol. The van der Waals surface area contributed by atoms with Gasteiger partial charge in [0.2, 0.25) is 11.8 Å². The summed E-state index contributed by atoms with van der Waals surface area (Å²) in [7, 11) is 0. The monoisotopic (exact) mass is 371 g/mol. The second-order valence-electron chi connectivity index (χ2n) is 6.03. The molecule has 0 radical (unpaired) electrons. The topological polar surface area (TPSA) is 78.5 Å². The Hall–Kier alpha value is -2.86. The first-order valence-electron chi connectivity index (χ1n) is 8.23. The molecular formula is C19H18ClN3O3. The molecule has 1 fully saturated rings. The van der Waals surface area contributed by atoms with Crippen LogP contribution in [0.5, 0.6) is 0 Å². The Balaban J connectivity index is 1.70. The van der Waals surface area contributed by atoms with Crippen LogP contribution in [0.4, 0.5) is 17.1 Å². The molecule has 134 valence electrons. The summed E-state index contributed by atoms with van der Waals surface area (Å²) in [5, 5.41) is 5.83. The molecule has 0 saturated carbocycles. The number of carbonyl (C=O) groups is 3. The quantitative estimate of drug-likeness (QED) is 0.860. The first-order valence-corrected chi connectivity index (χ1v) is 8.61. The molecule has 2 aromatic carbocycles. The van der Waals surface area contributed by atoms with Gasteiger partial charge in [0, 0.05) is 36.8 Å². The van der Waals surface area contributed by atoms with Gasteiger partial charge in [-0.2, -0.15) is 0 Å². The number of benzene rings is 2. The van der Waals surface area contributed by atoms with E-state index in [0.717, 1.165) is 6.42 Å². The molecule has 0 aliphatic carbocycles. The fraction of sp³-hybridized carbons (Fsp3) is 0.211. The third-order valence-corrected chi connectivity index (χ3v) is 4.34. The predicted molar refractivity (Wildman–Crippen MR) is 102 cm³/mol. The molecule has 1 heterocycles. The van der Waals surface area contributed by atoms with Crippen molar-refractivity contribution in [2.45, 2.75) is 19.8 Å². The number of hydrogen-bond acceptors (Lipinski definition) is 3. The number of carbonyl (C=O) groups excluding carboxylic acids is 3. The molecule has 1 aliphatic heterocycles. The van der Waals surface area contributed by atoms with Crippen LogP contribution in [0.1, 0.15) is 30.1 Å². The summed E-state index contributed by atoms with van der Waals surface area (Å²) >= 11 is 6.29. The molecule has 3 rings (SSSR count). The minimum Gasteiger partial charge on any atom is -0.326 e. The van der Waals surface area contributed by atoms with Crippen molar-refractivity contribution in [2.75, 3.05) is 22.1 Å². The largest absolute Gasteiger partial charge is 0.326 e. The van der Waals surface area contributed by atoms with Crippen molar-refractivity contribution >= 4 is 46.4 Å². The molecule has 0 spiro atoms. The molecule has 26 heavy (non-hydrogen) atoms. The van der Waals surface area contributed by atoms with Crippen LogP contribution in [0.2, 0.25) is 5.02 Å². The van der Waals surface area contributed by atoms with Gasteiger partial charge in [0.25, 0.3) is 5.91 Å². The van der Waals surface area contributed by atoms with Gasteiger partial charge in [-0.05, 0) is 48.9 Å². The van der Waals surface area contributed by atoms with Crippen molar-refractivity contribution in [1.82, 2.24) is 0 Å². The molecule has 2 N–H and O–H groups in total. The van der Waals surface area contributed by atoms with Crippen molar-refractivity contribution < 1.29 is 14.4 Å². The first kappa shape index (κ1) is 17.9. The molecule has 1 aliphatic rings. The van der Waals surface area contributed by atoms with Crippen molar-refractivity contribution in [3.8, 4) is 0 Å². The summed E-state index contributed by atoms with van der Waals surface area (Å²) in [4.78, 5) is 36.9. The van der Waals surface area contributed by atoms with Gasteiger partial charge in [-0.15, -0.1) is 0 Å². The van der Waals surface area contributed by atoms with Gasteiger partial charge in [0.1, 0.15) is 0 Å². The van der Waals surface area contributed by atoms with Gasteiger partial charge in [0.05, 0.1) is 10.7 Å². The highest BCUT2D eigenvalue weighted by molar-refractivity contribution is 6.34. The molecule has 1 saturated heterocycles. The maximum Gasteiger partial charge on any atom is 0.255 e. The van der Waals surface area contributed by atoms with Crippen LogP contribution in [-0.2, 0) is 9.59 Å². The Kier molecular flexibility index (Phi) is 5.23. The second kappa shape index (κ2) is 7.58. The molecule has 0 atom stereocenters. The smallest absolute Gasteiger partial charge is 0.255 e. The van der Waals surface area contributed by atoms with E-state index < -0.39 is 0 Å². The van der Waals surface area contributed by atoms with E-state index >= 15 is 0 Å². The SMILES string of the molecule is CC(=O)Nc1ccc(C(=O)Nc2ccc(N3CCCC3=O)c(Cl)c2)cc1. The molecule has 7 heteroatoms. The Bertz CT molecular complexity index is 865. The summed E-state index contributed by atoms with van der Waals surface area (Å²) in [5.74, 6) is -0.406. The molecule has 3 amide bonds. The fourth-order valence-corrected chi connectivity index (χ4v) is 3.10. The highest BCUT2D eigenvalue weighted by Crippen LogP contribution is 2.31. The molecule has 0 bridgehead atoms. The van der Waals surface area contributed by atoms with E-state index in [1.807, 2.05) is 0 Å². The van der Waals surface area contributed by atoms with Crippen LogP contribution >= 0.6 is 11.6 Å². The van der Waals surface area contributed by atoms with Crippen molar-refractivity contribution in [3.63, 3.8) is 0 Å². The Morgan fingerprint density at radius 2 is 1.73 bits per heavy atom. The molecule has 2 aromatic rings. The van der Waals surface area contributed by atoms with Crippen LogP contribution in [0, 0.1) is 0 Å². The Morgan fingerprint density at radius 1 is 1.04 bits per heavy atom. The summed E-state index contributed by atoms with van der Waals surface area (Å²) in [6.45, 7) is 2.08. The van der Waals surface area contributed by atoms with Crippen LogP contribution in [0.3, 0.4) is 0 Å². The number of anilines is 3. The maximum absolute atomic E-state index is 12.3. The summed E-state index contributed by atoms with van der Waals surface area (Å²) in [6, 6.07) is 11.7. The van der Waals surface area contributed by atoms with E-state index in [1.165, 1.54) is 6.92 Å².